The average molecular weight is 505 g/mol. The molecule has 2 aromatic heterocycles. The highest BCUT2D eigenvalue weighted by molar-refractivity contribution is 7.89. The van der Waals surface area contributed by atoms with E-state index in [0.717, 1.165) is 38.7 Å². The zero-order chi connectivity index (χ0) is 25.2. The Morgan fingerprint density at radius 1 is 1.26 bits per heavy atom. The Labute approximate surface area is 203 Å². The van der Waals surface area contributed by atoms with E-state index in [9.17, 15) is 17.6 Å². The summed E-state index contributed by atoms with van der Waals surface area (Å²) in [6, 6.07) is 7.19. The summed E-state index contributed by atoms with van der Waals surface area (Å²) in [6.45, 7) is 5.85. The second-order valence-electron chi connectivity index (χ2n) is 9.03. The maximum atomic E-state index is 13.6. The fraction of sp³-hybridized carbons (Fsp3) is 0.458. The van der Waals surface area contributed by atoms with Crippen molar-refractivity contribution in [1.82, 2.24) is 19.5 Å². The minimum atomic E-state index is -3.80. The summed E-state index contributed by atoms with van der Waals surface area (Å²) in [4.78, 5) is 17.2. The Kier molecular flexibility index (Phi) is 7.36. The van der Waals surface area contributed by atoms with Gasteiger partial charge in [0, 0.05) is 19.3 Å². The molecule has 1 aliphatic heterocycles. The number of carbonyl (C=O) groups is 1. The first-order chi connectivity index (χ1) is 16.6. The van der Waals surface area contributed by atoms with Crippen LogP contribution in [0.2, 0.25) is 0 Å². The highest BCUT2D eigenvalue weighted by atomic mass is 32.2. The zero-order valence-electron chi connectivity index (χ0n) is 20.0. The molecular weight excluding hydrogens is 475 g/mol. The molecule has 0 aliphatic carbocycles. The third kappa shape index (κ3) is 5.96. The van der Waals surface area contributed by atoms with E-state index < -0.39 is 21.7 Å². The van der Waals surface area contributed by atoms with E-state index in [1.165, 1.54) is 22.9 Å². The fourth-order valence-electron chi connectivity index (χ4n) is 4.10. The van der Waals surface area contributed by atoms with Gasteiger partial charge in [0.25, 0.3) is 5.91 Å². The lowest BCUT2D eigenvalue weighted by Gasteiger charge is -2.22. The summed E-state index contributed by atoms with van der Waals surface area (Å²) < 4.78 is 52.0. The highest BCUT2D eigenvalue weighted by Crippen LogP contribution is 2.34. The first kappa shape index (κ1) is 25.1. The largest absolute Gasteiger partial charge is 0.493 e. The molecule has 0 unspecified atom stereocenters. The van der Waals surface area contributed by atoms with Crippen LogP contribution in [-0.4, -0.2) is 55.2 Å². The van der Waals surface area contributed by atoms with E-state index in [1.807, 2.05) is 18.6 Å². The summed E-state index contributed by atoms with van der Waals surface area (Å²) >= 11 is 0. The van der Waals surface area contributed by atoms with Gasteiger partial charge in [-0.15, -0.1) is 0 Å². The molecule has 9 nitrogen and oxygen atoms in total. The lowest BCUT2D eigenvalue weighted by atomic mass is 9.97. The van der Waals surface area contributed by atoms with Crippen molar-refractivity contribution in [2.75, 3.05) is 26.1 Å². The number of rotatable bonds is 8. The number of sulfonamides is 1. The standard InChI is InChI=1S/C24H29FN4O5S/c1-15(2)22-21-20(34-13-10-16-8-11-33-12-9-16)14-19(24(30)28-35(3,31)32)26-23(21)29(27-22)18-6-4-17(25)5-7-18/h4-7,14-16H,8-13H2,1-3H3,(H,28,30). The number of amides is 1. The Balaban J connectivity index is 1.80. The minimum absolute atomic E-state index is 0.00506. The summed E-state index contributed by atoms with van der Waals surface area (Å²) in [5, 5.41) is 5.34. The number of hydrogen-bond donors (Lipinski definition) is 1. The molecule has 0 saturated carbocycles. The van der Waals surface area contributed by atoms with Crippen LogP contribution in [0.25, 0.3) is 16.7 Å². The van der Waals surface area contributed by atoms with Gasteiger partial charge >= 0.3 is 0 Å². The molecular formula is C24H29FN4O5S. The molecule has 1 N–H and O–H groups in total. The first-order valence-corrected chi connectivity index (χ1v) is 13.4. The molecule has 1 fully saturated rings. The molecule has 1 aliphatic rings. The van der Waals surface area contributed by atoms with Gasteiger partial charge in [-0.05, 0) is 55.4 Å². The zero-order valence-corrected chi connectivity index (χ0v) is 20.8. The van der Waals surface area contributed by atoms with Crippen LogP contribution in [0.3, 0.4) is 0 Å². The van der Waals surface area contributed by atoms with Gasteiger partial charge in [0.1, 0.15) is 17.3 Å². The number of benzene rings is 1. The quantitative estimate of drug-likeness (QED) is 0.499. The van der Waals surface area contributed by atoms with Crippen LogP contribution in [-0.2, 0) is 14.8 Å². The van der Waals surface area contributed by atoms with E-state index >= 15 is 0 Å². The molecule has 188 valence electrons. The number of nitrogens with one attached hydrogen (secondary N) is 1. The number of ether oxygens (including phenoxy) is 2. The number of pyridine rings is 1. The SMILES string of the molecule is CC(C)c1nn(-c2ccc(F)cc2)c2nc(C(=O)NS(C)(=O)=O)cc(OCCC3CCOCC3)c12. The third-order valence-electron chi connectivity index (χ3n) is 5.88. The summed E-state index contributed by atoms with van der Waals surface area (Å²) in [7, 11) is -3.80. The Bertz CT molecular complexity index is 1320. The Hall–Kier alpha value is -3.05. The molecule has 1 saturated heterocycles. The summed E-state index contributed by atoms with van der Waals surface area (Å²) in [5.74, 6) is -0.387. The van der Waals surface area contributed by atoms with Gasteiger partial charge in [0.05, 0.1) is 29.6 Å². The lowest BCUT2D eigenvalue weighted by molar-refractivity contribution is 0.0594. The number of carbonyl (C=O) groups excluding carboxylic acids is 1. The molecule has 0 bridgehead atoms. The lowest BCUT2D eigenvalue weighted by Crippen LogP contribution is -2.30. The van der Waals surface area contributed by atoms with Crippen LogP contribution in [0.5, 0.6) is 5.75 Å². The second kappa shape index (κ2) is 10.3. The van der Waals surface area contributed by atoms with Crippen LogP contribution in [0.15, 0.2) is 30.3 Å². The third-order valence-corrected chi connectivity index (χ3v) is 6.44. The molecule has 1 amide bonds. The maximum absolute atomic E-state index is 13.6. The predicted molar refractivity (Wildman–Crippen MR) is 129 cm³/mol. The average Bonchev–Trinajstić information content (AvgIpc) is 3.19. The smallest absolute Gasteiger partial charge is 0.283 e. The van der Waals surface area contributed by atoms with Crippen LogP contribution >= 0.6 is 0 Å². The van der Waals surface area contributed by atoms with Crippen molar-refractivity contribution in [3.63, 3.8) is 0 Å². The fourth-order valence-corrected chi connectivity index (χ4v) is 4.54. The predicted octanol–water partition coefficient (Wildman–Crippen LogP) is 3.57. The monoisotopic (exact) mass is 504 g/mol. The summed E-state index contributed by atoms with van der Waals surface area (Å²) in [6.07, 6.45) is 3.66. The van der Waals surface area contributed by atoms with Gasteiger partial charge in [-0.1, -0.05) is 13.8 Å². The van der Waals surface area contributed by atoms with Crippen molar-refractivity contribution in [2.45, 2.75) is 39.0 Å². The van der Waals surface area contributed by atoms with Crippen molar-refractivity contribution < 1.29 is 27.1 Å². The minimum Gasteiger partial charge on any atom is -0.493 e. The highest BCUT2D eigenvalue weighted by Gasteiger charge is 2.24. The molecule has 35 heavy (non-hydrogen) atoms. The second-order valence-corrected chi connectivity index (χ2v) is 10.8. The molecule has 0 atom stereocenters. The Morgan fingerprint density at radius 3 is 2.57 bits per heavy atom. The van der Waals surface area contributed by atoms with E-state index in [2.05, 4.69) is 4.98 Å². The van der Waals surface area contributed by atoms with E-state index in [-0.39, 0.29) is 11.6 Å². The van der Waals surface area contributed by atoms with Gasteiger partial charge in [-0.3, -0.25) is 4.79 Å². The molecule has 3 heterocycles. The van der Waals surface area contributed by atoms with Gasteiger partial charge in [-0.25, -0.2) is 27.2 Å². The number of fused-ring (bicyclic) bond motifs is 1. The number of hydrogen-bond acceptors (Lipinski definition) is 7. The molecule has 4 rings (SSSR count). The Morgan fingerprint density at radius 2 is 1.94 bits per heavy atom. The normalized spacial score (nSPS) is 15.0. The summed E-state index contributed by atoms with van der Waals surface area (Å²) in [5.41, 5.74) is 1.45. The van der Waals surface area contributed by atoms with Crippen molar-refractivity contribution in [3.8, 4) is 11.4 Å². The van der Waals surface area contributed by atoms with E-state index in [4.69, 9.17) is 14.6 Å². The van der Waals surface area contributed by atoms with Gasteiger partial charge in [-0.2, -0.15) is 5.10 Å². The number of aromatic nitrogens is 3. The molecule has 3 aromatic rings. The van der Waals surface area contributed by atoms with Crippen molar-refractivity contribution >= 4 is 27.0 Å². The van der Waals surface area contributed by atoms with Crippen LogP contribution < -0.4 is 9.46 Å². The van der Waals surface area contributed by atoms with Crippen molar-refractivity contribution in [3.05, 3.63) is 47.5 Å². The van der Waals surface area contributed by atoms with Gasteiger partial charge < -0.3 is 9.47 Å². The van der Waals surface area contributed by atoms with Crippen molar-refractivity contribution in [1.29, 1.82) is 0 Å². The molecule has 0 spiro atoms. The van der Waals surface area contributed by atoms with E-state index in [0.29, 0.717) is 40.7 Å². The van der Waals surface area contributed by atoms with Crippen LogP contribution in [0.1, 0.15) is 55.2 Å². The number of nitrogens with zero attached hydrogens (tertiary/aromatic N) is 3. The maximum Gasteiger partial charge on any atom is 0.283 e. The van der Waals surface area contributed by atoms with Crippen molar-refractivity contribution in [2.24, 2.45) is 5.92 Å². The van der Waals surface area contributed by atoms with Crippen LogP contribution in [0, 0.1) is 11.7 Å². The first-order valence-electron chi connectivity index (χ1n) is 11.5. The van der Waals surface area contributed by atoms with Crippen LogP contribution in [0.4, 0.5) is 4.39 Å². The topological polar surface area (TPSA) is 112 Å². The van der Waals surface area contributed by atoms with Gasteiger partial charge in [0.15, 0.2) is 5.65 Å². The van der Waals surface area contributed by atoms with Gasteiger partial charge in [0.2, 0.25) is 10.0 Å². The molecule has 0 radical (unpaired) electrons. The molecule has 1 aromatic carbocycles. The number of halogens is 1. The molecule has 11 heteroatoms. The van der Waals surface area contributed by atoms with E-state index in [1.54, 1.807) is 12.1 Å².